The van der Waals surface area contributed by atoms with E-state index in [4.69, 9.17) is 33.0 Å². The molecule has 0 bridgehead atoms. The summed E-state index contributed by atoms with van der Waals surface area (Å²) in [6.07, 6.45) is 2.19. The van der Waals surface area contributed by atoms with E-state index >= 15 is 0 Å². The SMILES string of the molecule is COC1CC(CC(=O)O)N(C(=O)CCCc2ccc(Cl)c(Cl)c2)C1. The fourth-order valence-corrected chi connectivity index (χ4v) is 3.35. The van der Waals surface area contributed by atoms with Crippen LogP contribution in [0.2, 0.25) is 10.0 Å². The van der Waals surface area contributed by atoms with Crippen LogP contribution in [0, 0.1) is 0 Å². The molecular formula is C17H21Cl2NO4. The minimum absolute atomic E-state index is 0.0270. The molecule has 7 heteroatoms. The number of likely N-dealkylation sites (tertiary alicyclic amines) is 1. The number of halogens is 2. The van der Waals surface area contributed by atoms with E-state index < -0.39 is 5.97 Å². The van der Waals surface area contributed by atoms with Crippen LogP contribution in [0.15, 0.2) is 18.2 Å². The van der Waals surface area contributed by atoms with Crippen LogP contribution in [0.3, 0.4) is 0 Å². The van der Waals surface area contributed by atoms with E-state index in [1.54, 1.807) is 24.1 Å². The van der Waals surface area contributed by atoms with Crippen molar-refractivity contribution in [3.05, 3.63) is 33.8 Å². The normalized spacial score (nSPS) is 20.4. The first kappa shape index (κ1) is 19.0. The van der Waals surface area contributed by atoms with Crippen molar-refractivity contribution in [3.8, 4) is 0 Å². The van der Waals surface area contributed by atoms with E-state index in [1.807, 2.05) is 6.07 Å². The van der Waals surface area contributed by atoms with Crippen LogP contribution in [-0.4, -0.2) is 47.7 Å². The van der Waals surface area contributed by atoms with Gasteiger partial charge in [-0.3, -0.25) is 9.59 Å². The van der Waals surface area contributed by atoms with Gasteiger partial charge in [0.1, 0.15) is 0 Å². The third kappa shape index (κ3) is 5.10. The van der Waals surface area contributed by atoms with Crippen LogP contribution in [0.5, 0.6) is 0 Å². The molecule has 132 valence electrons. The summed E-state index contributed by atoms with van der Waals surface area (Å²) in [5.41, 5.74) is 1.02. The van der Waals surface area contributed by atoms with E-state index in [1.165, 1.54) is 0 Å². The van der Waals surface area contributed by atoms with Crippen LogP contribution in [0.25, 0.3) is 0 Å². The lowest BCUT2D eigenvalue weighted by atomic mass is 10.1. The Bertz CT molecular complexity index is 608. The molecule has 0 saturated carbocycles. The minimum Gasteiger partial charge on any atom is -0.481 e. The van der Waals surface area contributed by atoms with Gasteiger partial charge in [0.2, 0.25) is 5.91 Å². The van der Waals surface area contributed by atoms with Gasteiger partial charge in [-0.2, -0.15) is 0 Å². The first-order valence-electron chi connectivity index (χ1n) is 7.88. The molecule has 1 aromatic carbocycles. The van der Waals surface area contributed by atoms with Gasteiger partial charge in [-0.05, 0) is 37.0 Å². The van der Waals surface area contributed by atoms with Crippen molar-refractivity contribution in [3.63, 3.8) is 0 Å². The Kier molecular flexibility index (Phi) is 6.90. The van der Waals surface area contributed by atoms with Gasteiger partial charge in [0.25, 0.3) is 0 Å². The molecule has 5 nitrogen and oxygen atoms in total. The summed E-state index contributed by atoms with van der Waals surface area (Å²) in [6, 6.07) is 5.15. The number of carboxylic acid groups (broad SMARTS) is 1. The monoisotopic (exact) mass is 373 g/mol. The molecule has 0 radical (unpaired) electrons. The van der Waals surface area contributed by atoms with Crippen LogP contribution >= 0.6 is 23.2 Å². The lowest BCUT2D eigenvalue weighted by Gasteiger charge is -2.23. The molecule has 2 unspecified atom stereocenters. The number of carbonyl (C=O) groups excluding carboxylic acids is 1. The lowest BCUT2D eigenvalue weighted by molar-refractivity contribution is -0.139. The number of carboxylic acids is 1. The summed E-state index contributed by atoms with van der Waals surface area (Å²) in [5, 5.41) is 10.0. The zero-order valence-electron chi connectivity index (χ0n) is 13.5. The molecule has 2 atom stereocenters. The highest BCUT2D eigenvalue weighted by Gasteiger charge is 2.36. The second-order valence-corrected chi connectivity index (χ2v) is 6.81. The first-order chi connectivity index (χ1) is 11.4. The van der Waals surface area contributed by atoms with Crippen molar-refractivity contribution < 1.29 is 19.4 Å². The highest BCUT2D eigenvalue weighted by Crippen LogP contribution is 2.25. The molecule has 1 aromatic rings. The Morgan fingerprint density at radius 1 is 1.33 bits per heavy atom. The largest absolute Gasteiger partial charge is 0.481 e. The van der Waals surface area contributed by atoms with E-state index in [0.29, 0.717) is 42.3 Å². The smallest absolute Gasteiger partial charge is 0.305 e. The number of amides is 1. The molecule has 1 fully saturated rings. The highest BCUT2D eigenvalue weighted by molar-refractivity contribution is 6.42. The second-order valence-electron chi connectivity index (χ2n) is 5.99. The van der Waals surface area contributed by atoms with E-state index in [9.17, 15) is 9.59 Å². The molecule has 1 amide bonds. The van der Waals surface area contributed by atoms with E-state index in [2.05, 4.69) is 0 Å². The Hall–Kier alpha value is -1.30. The molecule has 2 rings (SSSR count). The van der Waals surface area contributed by atoms with E-state index in [-0.39, 0.29) is 24.5 Å². The number of aryl methyl sites for hydroxylation is 1. The number of aliphatic carboxylic acids is 1. The molecule has 1 saturated heterocycles. The van der Waals surface area contributed by atoms with Crippen molar-refractivity contribution in [2.24, 2.45) is 0 Å². The summed E-state index contributed by atoms with van der Waals surface area (Å²) in [4.78, 5) is 25.1. The number of benzene rings is 1. The Morgan fingerprint density at radius 3 is 2.71 bits per heavy atom. The summed E-state index contributed by atoms with van der Waals surface area (Å²) >= 11 is 11.9. The average molecular weight is 374 g/mol. The zero-order chi connectivity index (χ0) is 17.7. The maximum absolute atomic E-state index is 12.4. The maximum Gasteiger partial charge on any atom is 0.305 e. The molecule has 24 heavy (non-hydrogen) atoms. The first-order valence-corrected chi connectivity index (χ1v) is 8.64. The average Bonchev–Trinajstić information content (AvgIpc) is 2.93. The maximum atomic E-state index is 12.4. The van der Waals surface area contributed by atoms with Crippen LogP contribution in [0.4, 0.5) is 0 Å². The van der Waals surface area contributed by atoms with Gasteiger partial charge < -0.3 is 14.7 Å². The third-order valence-electron chi connectivity index (χ3n) is 4.28. The highest BCUT2D eigenvalue weighted by atomic mass is 35.5. The molecule has 1 N–H and O–H groups in total. The van der Waals surface area contributed by atoms with Crippen molar-refractivity contribution in [2.45, 2.75) is 44.2 Å². The van der Waals surface area contributed by atoms with Gasteiger partial charge in [0.05, 0.1) is 22.6 Å². The molecule has 0 spiro atoms. The summed E-state index contributed by atoms with van der Waals surface area (Å²) in [7, 11) is 1.58. The number of ether oxygens (including phenoxy) is 1. The molecule has 1 heterocycles. The number of carbonyl (C=O) groups is 2. The summed E-state index contributed by atoms with van der Waals surface area (Å²) in [5.74, 6) is -0.925. The predicted octanol–water partition coefficient (Wildman–Crippen LogP) is 3.41. The molecule has 1 aliphatic rings. The third-order valence-corrected chi connectivity index (χ3v) is 5.02. The number of nitrogens with zero attached hydrogens (tertiary/aromatic N) is 1. The number of hydrogen-bond acceptors (Lipinski definition) is 3. The molecule has 0 aromatic heterocycles. The quantitative estimate of drug-likeness (QED) is 0.794. The number of hydrogen-bond donors (Lipinski definition) is 1. The molecule has 0 aliphatic carbocycles. The van der Waals surface area contributed by atoms with Gasteiger partial charge in [0, 0.05) is 26.1 Å². The van der Waals surface area contributed by atoms with Gasteiger partial charge in [-0.1, -0.05) is 29.3 Å². The van der Waals surface area contributed by atoms with Crippen molar-refractivity contribution >= 4 is 35.1 Å². The van der Waals surface area contributed by atoms with Gasteiger partial charge in [-0.25, -0.2) is 0 Å². The van der Waals surface area contributed by atoms with Gasteiger partial charge >= 0.3 is 5.97 Å². The van der Waals surface area contributed by atoms with Gasteiger partial charge in [-0.15, -0.1) is 0 Å². The summed E-state index contributed by atoms with van der Waals surface area (Å²) < 4.78 is 5.29. The molecule has 1 aliphatic heterocycles. The second kappa shape index (κ2) is 8.70. The zero-order valence-corrected chi connectivity index (χ0v) is 15.0. The molecular weight excluding hydrogens is 353 g/mol. The van der Waals surface area contributed by atoms with Crippen molar-refractivity contribution in [2.75, 3.05) is 13.7 Å². The number of methoxy groups -OCH3 is 1. The Labute approximate surface area is 151 Å². The fourth-order valence-electron chi connectivity index (χ4n) is 3.03. The Morgan fingerprint density at radius 2 is 2.08 bits per heavy atom. The Balaban J connectivity index is 1.88. The van der Waals surface area contributed by atoms with Crippen molar-refractivity contribution in [1.82, 2.24) is 4.90 Å². The standard InChI is InChI=1S/C17H21Cl2NO4/c1-24-13-8-12(9-17(22)23)20(10-13)16(21)4-2-3-11-5-6-14(18)15(19)7-11/h5-7,12-13H,2-4,8-10H2,1H3,(H,22,23). The predicted molar refractivity (Wildman–Crippen MR) is 92.6 cm³/mol. The summed E-state index contributed by atoms with van der Waals surface area (Å²) in [6.45, 7) is 0.458. The number of rotatable bonds is 7. The van der Waals surface area contributed by atoms with Crippen molar-refractivity contribution in [1.29, 1.82) is 0 Å². The van der Waals surface area contributed by atoms with Crippen LogP contribution < -0.4 is 0 Å². The van der Waals surface area contributed by atoms with E-state index in [0.717, 1.165) is 5.56 Å². The fraction of sp³-hybridized carbons (Fsp3) is 0.529. The minimum atomic E-state index is -0.898. The lowest BCUT2D eigenvalue weighted by Crippen LogP contribution is -2.37. The topological polar surface area (TPSA) is 66.8 Å². The van der Waals surface area contributed by atoms with Gasteiger partial charge in [0.15, 0.2) is 0 Å². The van der Waals surface area contributed by atoms with Crippen LogP contribution in [-0.2, 0) is 20.7 Å². The van der Waals surface area contributed by atoms with Crippen LogP contribution in [0.1, 0.15) is 31.2 Å².